The third-order valence-electron chi connectivity index (χ3n) is 6.11. The Morgan fingerprint density at radius 3 is 2.52 bits per heavy atom. The number of para-hydroxylation sites is 1. The number of H-pyrrole nitrogens is 1. The van der Waals surface area contributed by atoms with Gasteiger partial charge in [-0.1, -0.05) is 54.1 Å². The highest BCUT2D eigenvalue weighted by atomic mass is 35.5. The van der Waals surface area contributed by atoms with Crippen LogP contribution in [-0.2, 0) is 16.4 Å². The predicted molar refractivity (Wildman–Crippen MR) is 125 cm³/mol. The molecule has 6 heteroatoms. The van der Waals surface area contributed by atoms with E-state index in [0.717, 1.165) is 33.3 Å². The molecule has 5 rings (SSSR count). The van der Waals surface area contributed by atoms with Gasteiger partial charge in [-0.25, -0.2) is 8.42 Å². The van der Waals surface area contributed by atoms with Crippen LogP contribution in [0.25, 0.3) is 10.9 Å². The van der Waals surface area contributed by atoms with E-state index in [1.165, 1.54) is 5.56 Å². The monoisotopic (exact) mass is 450 g/mol. The molecule has 4 nitrogen and oxygen atoms in total. The van der Waals surface area contributed by atoms with Crippen molar-refractivity contribution in [2.24, 2.45) is 0 Å². The number of aromatic nitrogens is 1. The molecule has 0 amide bonds. The van der Waals surface area contributed by atoms with Crippen LogP contribution in [0.4, 0.5) is 0 Å². The van der Waals surface area contributed by atoms with E-state index in [9.17, 15) is 8.42 Å². The Balaban J connectivity index is 1.73. The Bertz CT molecular complexity index is 1390. The van der Waals surface area contributed by atoms with Crippen molar-refractivity contribution < 1.29 is 8.42 Å². The van der Waals surface area contributed by atoms with Gasteiger partial charge in [0, 0.05) is 28.2 Å². The first-order valence-corrected chi connectivity index (χ1v) is 12.1. The minimum absolute atomic E-state index is 0.367. The van der Waals surface area contributed by atoms with Crippen molar-refractivity contribution in [3.05, 3.63) is 99.7 Å². The second-order valence-corrected chi connectivity index (χ2v) is 10.4. The van der Waals surface area contributed by atoms with E-state index in [0.29, 0.717) is 22.9 Å². The van der Waals surface area contributed by atoms with Crippen LogP contribution in [0.1, 0.15) is 34.0 Å². The first kappa shape index (κ1) is 20.3. The molecule has 4 aromatic rings. The zero-order chi connectivity index (χ0) is 21.8. The van der Waals surface area contributed by atoms with E-state index < -0.39 is 16.1 Å². The third-order valence-corrected chi connectivity index (χ3v) is 8.36. The largest absolute Gasteiger partial charge is 0.357 e. The first-order chi connectivity index (χ1) is 14.9. The van der Waals surface area contributed by atoms with Crippen LogP contribution in [0.3, 0.4) is 0 Å². The summed E-state index contributed by atoms with van der Waals surface area (Å²) in [7, 11) is -3.72. The van der Waals surface area contributed by atoms with Crippen LogP contribution in [0.15, 0.2) is 71.6 Å². The molecule has 3 aromatic carbocycles. The van der Waals surface area contributed by atoms with Crippen LogP contribution in [0.5, 0.6) is 0 Å². The van der Waals surface area contributed by atoms with Crippen molar-refractivity contribution in [3.8, 4) is 0 Å². The van der Waals surface area contributed by atoms with Crippen LogP contribution in [0, 0.1) is 13.8 Å². The summed E-state index contributed by atoms with van der Waals surface area (Å²) in [4.78, 5) is 3.89. The Hall–Kier alpha value is -2.60. The van der Waals surface area contributed by atoms with Crippen molar-refractivity contribution in [1.29, 1.82) is 0 Å². The van der Waals surface area contributed by atoms with Gasteiger partial charge in [-0.05, 0) is 66.8 Å². The summed E-state index contributed by atoms with van der Waals surface area (Å²) in [5.41, 5.74) is 5.72. The average molecular weight is 451 g/mol. The fraction of sp³-hybridized carbons (Fsp3) is 0.200. The van der Waals surface area contributed by atoms with E-state index >= 15 is 0 Å². The molecule has 0 aliphatic carbocycles. The molecule has 0 fully saturated rings. The van der Waals surface area contributed by atoms with Crippen molar-refractivity contribution in [3.63, 3.8) is 0 Å². The van der Waals surface area contributed by atoms with Crippen LogP contribution < -0.4 is 0 Å². The molecule has 0 radical (unpaired) electrons. The number of fused-ring (bicyclic) bond motifs is 3. The van der Waals surface area contributed by atoms with Gasteiger partial charge < -0.3 is 4.98 Å². The van der Waals surface area contributed by atoms with Crippen LogP contribution >= 0.6 is 11.6 Å². The molecule has 0 spiro atoms. The minimum Gasteiger partial charge on any atom is -0.357 e. The van der Waals surface area contributed by atoms with Crippen LogP contribution in [0.2, 0.25) is 5.02 Å². The summed E-state index contributed by atoms with van der Waals surface area (Å²) in [6, 6.07) is 20.7. The summed E-state index contributed by atoms with van der Waals surface area (Å²) in [5.74, 6) is 0. The second-order valence-electron chi connectivity index (χ2n) is 8.15. The number of aromatic amines is 1. The lowest BCUT2D eigenvalue weighted by Crippen LogP contribution is -2.40. The number of sulfonamides is 1. The highest BCUT2D eigenvalue weighted by Gasteiger charge is 2.39. The molecular formula is C25H23ClN2O2S. The van der Waals surface area contributed by atoms with Gasteiger partial charge in [-0.15, -0.1) is 0 Å². The number of aryl methyl sites for hydroxylation is 2. The number of rotatable bonds is 3. The SMILES string of the molecule is Cc1ccc(C)c(S(=O)(=O)N2CCc3c([nH]c4ccccc34)C2c2ccc(Cl)cc2)c1. The lowest BCUT2D eigenvalue weighted by atomic mass is 9.94. The molecule has 0 saturated heterocycles. The van der Waals surface area contributed by atoms with E-state index in [-0.39, 0.29) is 0 Å². The summed E-state index contributed by atoms with van der Waals surface area (Å²) in [6.45, 7) is 4.18. The van der Waals surface area contributed by atoms with Gasteiger partial charge in [0.05, 0.1) is 10.9 Å². The number of benzene rings is 3. The third kappa shape index (κ3) is 3.37. The molecule has 0 bridgehead atoms. The normalized spacial score (nSPS) is 17.1. The lowest BCUT2D eigenvalue weighted by Gasteiger charge is -2.35. The van der Waals surface area contributed by atoms with Crippen molar-refractivity contribution >= 4 is 32.5 Å². The zero-order valence-electron chi connectivity index (χ0n) is 17.4. The fourth-order valence-electron chi connectivity index (χ4n) is 4.57. The molecule has 2 heterocycles. The van der Waals surface area contributed by atoms with Gasteiger partial charge in [-0.3, -0.25) is 0 Å². The summed E-state index contributed by atoms with van der Waals surface area (Å²) >= 11 is 6.14. The number of halogens is 1. The van der Waals surface area contributed by atoms with E-state index in [1.807, 2.05) is 68.4 Å². The lowest BCUT2D eigenvalue weighted by molar-refractivity contribution is 0.340. The number of nitrogens with zero attached hydrogens (tertiary/aromatic N) is 1. The highest BCUT2D eigenvalue weighted by molar-refractivity contribution is 7.89. The van der Waals surface area contributed by atoms with Crippen molar-refractivity contribution in [2.75, 3.05) is 6.54 Å². The number of hydrogen-bond acceptors (Lipinski definition) is 2. The Morgan fingerprint density at radius 1 is 1.00 bits per heavy atom. The molecule has 1 N–H and O–H groups in total. The molecule has 1 atom stereocenters. The standard InChI is InChI=1S/C25H23ClN2O2S/c1-16-7-8-17(2)23(15-16)31(29,30)28-14-13-21-20-5-3-4-6-22(20)27-24(21)25(28)18-9-11-19(26)12-10-18/h3-12,15,25,27H,13-14H2,1-2H3. The maximum absolute atomic E-state index is 13.9. The Kier molecular flexibility index (Phi) is 4.93. The predicted octanol–water partition coefficient (Wildman–Crippen LogP) is 5.77. The van der Waals surface area contributed by atoms with Gasteiger partial charge >= 0.3 is 0 Å². The summed E-state index contributed by atoms with van der Waals surface area (Å²) in [6.07, 6.45) is 0.660. The molecule has 1 unspecified atom stereocenters. The van der Waals surface area contributed by atoms with Gasteiger partial charge in [0.2, 0.25) is 10.0 Å². The molecule has 1 aliphatic heterocycles. The van der Waals surface area contributed by atoms with Crippen molar-refractivity contribution in [2.45, 2.75) is 31.2 Å². The van der Waals surface area contributed by atoms with Gasteiger partial charge in [-0.2, -0.15) is 4.31 Å². The maximum atomic E-state index is 13.9. The van der Waals surface area contributed by atoms with E-state index in [1.54, 1.807) is 10.4 Å². The van der Waals surface area contributed by atoms with Gasteiger partial charge in [0.15, 0.2) is 0 Å². The fourth-order valence-corrected chi connectivity index (χ4v) is 6.59. The quantitative estimate of drug-likeness (QED) is 0.430. The summed E-state index contributed by atoms with van der Waals surface area (Å²) in [5, 5.41) is 1.78. The Labute approximate surface area is 187 Å². The van der Waals surface area contributed by atoms with Gasteiger partial charge in [0.25, 0.3) is 0 Å². The number of nitrogens with one attached hydrogen (secondary N) is 1. The zero-order valence-corrected chi connectivity index (χ0v) is 19.0. The molecule has 1 aromatic heterocycles. The molecular weight excluding hydrogens is 428 g/mol. The molecule has 1 aliphatic rings. The first-order valence-electron chi connectivity index (χ1n) is 10.3. The van der Waals surface area contributed by atoms with E-state index in [4.69, 9.17) is 11.6 Å². The smallest absolute Gasteiger partial charge is 0.244 e. The second kappa shape index (κ2) is 7.52. The topological polar surface area (TPSA) is 53.2 Å². The summed E-state index contributed by atoms with van der Waals surface area (Å²) < 4.78 is 29.5. The molecule has 158 valence electrons. The maximum Gasteiger partial charge on any atom is 0.244 e. The van der Waals surface area contributed by atoms with E-state index in [2.05, 4.69) is 11.1 Å². The average Bonchev–Trinajstić information content (AvgIpc) is 3.14. The number of hydrogen-bond donors (Lipinski definition) is 1. The minimum atomic E-state index is -3.72. The molecule has 31 heavy (non-hydrogen) atoms. The van der Waals surface area contributed by atoms with Crippen LogP contribution in [-0.4, -0.2) is 24.3 Å². The molecule has 0 saturated carbocycles. The Morgan fingerprint density at radius 2 is 1.74 bits per heavy atom. The van der Waals surface area contributed by atoms with Gasteiger partial charge in [0.1, 0.15) is 0 Å². The highest BCUT2D eigenvalue weighted by Crippen LogP contribution is 2.41. The van der Waals surface area contributed by atoms with Crippen molar-refractivity contribution in [1.82, 2.24) is 9.29 Å².